The van der Waals surface area contributed by atoms with E-state index in [0.29, 0.717) is 42.6 Å². The molecule has 1 N–H and O–H groups in total. The molecule has 0 radical (unpaired) electrons. The number of pyridine rings is 2. The Morgan fingerprint density at radius 2 is 1.81 bits per heavy atom. The molecule has 0 bridgehead atoms. The van der Waals surface area contributed by atoms with Gasteiger partial charge in [-0.3, -0.25) is 9.59 Å². The summed E-state index contributed by atoms with van der Waals surface area (Å²) < 4.78 is 5.65. The third-order valence-corrected chi connectivity index (χ3v) is 8.14. The first-order valence-electron chi connectivity index (χ1n) is 14.8. The second-order valence-corrected chi connectivity index (χ2v) is 11.2. The van der Waals surface area contributed by atoms with Crippen molar-refractivity contribution in [1.82, 2.24) is 15.3 Å². The smallest absolute Gasteiger partial charge is 0.276 e. The van der Waals surface area contributed by atoms with Crippen molar-refractivity contribution >= 4 is 28.9 Å². The Kier molecular flexibility index (Phi) is 8.15. The maximum Gasteiger partial charge on any atom is 0.276 e. The first kappa shape index (κ1) is 27.8. The third-order valence-electron chi connectivity index (χ3n) is 8.14. The van der Waals surface area contributed by atoms with E-state index in [1.54, 1.807) is 12.3 Å². The van der Waals surface area contributed by atoms with E-state index in [2.05, 4.69) is 17.1 Å². The summed E-state index contributed by atoms with van der Waals surface area (Å²) in [5.74, 6) is 0.684. The summed E-state index contributed by atoms with van der Waals surface area (Å²) in [6.45, 7) is 7.44. The number of aromatic nitrogens is 2. The molecule has 8 nitrogen and oxygen atoms in total. The van der Waals surface area contributed by atoms with Gasteiger partial charge in [-0.2, -0.15) is 0 Å². The summed E-state index contributed by atoms with van der Waals surface area (Å²) in [5, 5.41) is 3.07. The van der Waals surface area contributed by atoms with Crippen LogP contribution in [0, 0.1) is 0 Å². The third kappa shape index (κ3) is 5.99. The molecule has 2 aromatic heterocycles. The molecule has 1 saturated carbocycles. The number of benzene rings is 1. The van der Waals surface area contributed by atoms with Crippen molar-refractivity contribution in [1.29, 1.82) is 0 Å². The number of rotatable bonds is 6. The number of fused-ring (bicyclic) bond motifs is 1. The van der Waals surface area contributed by atoms with Gasteiger partial charge in [0.05, 0.1) is 18.0 Å². The SMILES string of the molecule is CC1=C(/C=C(\C)C(=O)NC2CC2)CCN(C(=O)c2cccc(-c3cccnc3N3CCCOCC3)n2)c2ccccc21. The standard InChI is InChI=1S/C34H37N5O3/c1-23(33(40)36-26-13-14-26)22-25-15-18-39(31-12-4-3-8-27(31)24(25)2)34(41)30-11-5-10-29(37-30)28-9-6-16-35-32(28)38-17-7-20-42-21-19-38/h3-6,8-12,16,22,26H,7,13-15,17-21H2,1-2H3,(H,36,40)/b23-22+. The zero-order valence-corrected chi connectivity index (χ0v) is 24.3. The highest BCUT2D eigenvalue weighted by molar-refractivity contribution is 6.07. The number of nitrogens with one attached hydrogen (secondary N) is 1. The zero-order chi connectivity index (χ0) is 29.1. The predicted octanol–water partition coefficient (Wildman–Crippen LogP) is 5.42. The fourth-order valence-corrected chi connectivity index (χ4v) is 5.63. The van der Waals surface area contributed by atoms with Gasteiger partial charge in [0.2, 0.25) is 5.91 Å². The number of hydrogen-bond acceptors (Lipinski definition) is 6. The highest BCUT2D eigenvalue weighted by Gasteiger charge is 2.27. The lowest BCUT2D eigenvalue weighted by molar-refractivity contribution is -0.117. The van der Waals surface area contributed by atoms with Crippen LogP contribution in [-0.2, 0) is 9.53 Å². The summed E-state index contributed by atoms with van der Waals surface area (Å²) in [6, 6.07) is 17.8. The Balaban J connectivity index is 1.29. The van der Waals surface area contributed by atoms with E-state index in [0.717, 1.165) is 72.7 Å². The van der Waals surface area contributed by atoms with Gasteiger partial charge in [-0.1, -0.05) is 30.3 Å². The van der Waals surface area contributed by atoms with Crippen molar-refractivity contribution in [2.24, 2.45) is 0 Å². The van der Waals surface area contributed by atoms with Gasteiger partial charge in [-0.05, 0) is 81.0 Å². The van der Waals surface area contributed by atoms with Crippen molar-refractivity contribution < 1.29 is 14.3 Å². The Morgan fingerprint density at radius 3 is 2.67 bits per heavy atom. The lowest BCUT2D eigenvalue weighted by atomic mass is 9.97. The monoisotopic (exact) mass is 563 g/mol. The van der Waals surface area contributed by atoms with Crippen LogP contribution in [0.5, 0.6) is 0 Å². The molecule has 0 unspecified atom stereocenters. The molecule has 0 spiro atoms. The van der Waals surface area contributed by atoms with E-state index >= 15 is 0 Å². The maximum atomic E-state index is 14.1. The molecule has 1 aliphatic carbocycles. The molecular formula is C34H37N5O3. The molecule has 1 aromatic carbocycles. The molecule has 2 fully saturated rings. The van der Waals surface area contributed by atoms with E-state index < -0.39 is 0 Å². The predicted molar refractivity (Wildman–Crippen MR) is 165 cm³/mol. The first-order chi connectivity index (χ1) is 20.5. The normalized spacial score (nSPS) is 17.8. The topological polar surface area (TPSA) is 87.7 Å². The average Bonchev–Trinajstić information content (AvgIpc) is 3.88. The number of anilines is 2. The Bertz CT molecular complexity index is 1550. The number of amides is 2. The van der Waals surface area contributed by atoms with Crippen LogP contribution in [0.3, 0.4) is 0 Å². The van der Waals surface area contributed by atoms with Crippen molar-refractivity contribution in [3.63, 3.8) is 0 Å². The number of para-hydroxylation sites is 1. The van der Waals surface area contributed by atoms with E-state index in [1.165, 1.54) is 0 Å². The van der Waals surface area contributed by atoms with E-state index in [4.69, 9.17) is 14.7 Å². The molecule has 6 rings (SSSR count). The molecule has 2 amide bonds. The van der Waals surface area contributed by atoms with Crippen LogP contribution in [0.1, 0.15) is 55.6 Å². The second kappa shape index (κ2) is 12.3. The van der Waals surface area contributed by atoms with Crippen LogP contribution < -0.4 is 15.1 Å². The second-order valence-electron chi connectivity index (χ2n) is 11.2. The highest BCUT2D eigenvalue weighted by atomic mass is 16.5. The van der Waals surface area contributed by atoms with E-state index in [-0.39, 0.29) is 11.8 Å². The fraction of sp³-hybridized carbons (Fsp3) is 0.353. The maximum absolute atomic E-state index is 14.1. The van der Waals surface area contributed by atoms with Crippen LogP contribution in [-0.4, -0.2) is 60.7 Å². The van der Waals surface area contributed by atoms with Gasteiger partial charge in [0.1, 0.15) is 11.5 Å². The van der Waals surface area contributed by atoms with Gasteiger partial charge in [-0.15, -0.1) is 0 Å². The molecule has 1 saturated heterocycles. The summed E-state index contributed by atoms with van der Waals surface area (Å²) in [5.41, 5.74) is 6.65. The average molecular weight is 564 g/mol. The van der Waals surface area contributed by atoms with Gasteiger partial charge < -0.3 is 19.9 Å². The van der Waals surface area contributed by atoms with Crippen LogP contribution in [0.4, 0.5) is 11.5 Å². The van der Waals surface area contributed by atoms with Crippen molar-refractivity contribution in [3.05, 3.63) is 89.3 Å². The minimum absolute atomic E-state index is 0.0215. The molecular weight excluding hydrogens is 526 g/mol. The molecule has 3 aliphatic rings. The molecule has 4 heterocycles. The minimum Gasteiger partial charge on any atom is -0.380 e. The van der Waals surface area contributed by atoms with Crippen molar-refractivity contribution in [2.45, 2.75) is 45.6 Å². The molecule has 8 heteroatoms. The van der Waals surface area contributed by atoms with Crippen molar-refractivity contribution in [3.8, 4) is 11.3 Å². The van der Waals surface area contributed by atoms with Crippen LogP contribution in [0.15, 0.2) is 78.0 Å². The number of allylic oxidation sites excluding steroid dienone is 2. The Labute approximate surface area is 247 Å². The molecule has 3 aromatic rings. The summed E-state index contributed by atoms with van der Waals surface area (Å²) in [7, 11) is 0. The van der Waals surface area contributed by atoms with Gasteiger partial charge in [0.15, 0.2) is 0 Å². The molecule has 42 heavy (non-hydrogen) atoms. The number of ether oxygens (including phenoxy) is 1. The van der Waals surface area contributed by atoms with Gasteiger partial charge in [-0.25, -0.2) is 9.97 Å². The number of carbonyl (C=O) groups is 2. The van der Waals surface area contributed by atoms with Crippen LogP contribution in [0.2, 0.25) is 0 Å². The number of nitrogens with zero attached hydrogens (tertiary/aromatic N) is 4. The summed E-state index contributed by atoms with van der Waals surface area (Å²) >= 11 is 0. The van der Waals surface area contributed by atoms with Gasteiger partial charge in [0.25, 0.3) is 5.91 Å². The number of carbonyl (C=O) groups excluding carboxylic acids is 2. The summed E-state index contributed by atoms with van der Waals surface area (Å²) in [6.07, 6.45) is 7.45. The quantitative estimate of drug-likeness (QED) is 0.403. The molecule has 2 aliphatic heterocycles. The lowest BCUT2D eigenvalue weighted by Gasteiger charge is -2.24. The molecule has 216 valence electrons. The van der Waals surface area contributed by atoms with Gasteiger partial charge in [0, 0.05) is 55.2 Å². The minimum atomic E-state index is -0.154. The Hall–Kier alpha value is -4.30. The zero-order valence-electron chi connectivity index (χ0n) is 24.3. The first-order valence-corrected chi connectivity index (χ1v) is 14.8. The fourth-order valence-electron chi connectivity index (χ4n) is 5.63. The number of hydrogen-bond donors (Lipinski definition) is 1. The van der Waals surface area contributed by atoms with Crippen LogP contribution >= 0.6 is 0 Å². The van der Waals surface area contributed by atoms with Crippen LogP contribution in [0.25, 0.3) is 16.8 Å². The largest absolute Gasteiger partial charge is 0.380 e. The van der Waals surface area contributed by atoms with Crippen molar-refractivity contribution in [2.75, 3.05) is 42.6 Å². The Morgan fingerprint density at radius 1 is 0.976 bits per heavy atom. The highest BCUT2D eigenvalue weighted by Crippen LogP contribution is 2.36. The summed E-state index contributed by atoms with van der Waals surface area (Å²) in [4.78, 5) is 40.4. The lowest BCUT2D eigenvalue weighted by Crippen LogP contribution is -2.32. The van der Waals surface area contributed by atoms with Gasteiger partial charge >= 0.3 is 0 Å². The van der Waals surface area contributed by atoms with E-state index in [9.17, 15) is 9.59 Å². The molecule has 0 atom stereocenters. The van der Waals surface area contributed by atoms with E-state index in [1.807, 2.05) is 66.4 Å².